The summed E-state index contributed by atoms with van der Waals surface area (Å²) in [5.74, 6) is 1.10. The van der Waals surface area contributed by atoms with Gasteiger partial charge in [-0.1, -0.05) is 6.07 Å². The third-order valence-electron chi connectivity index (χ3n) is 3.09. The monoisotopic (exact) mass is 295 g/mol. The Morgan fingerprint density at radius 1 is 1.05 bits per heavy atom. The van der Waals surface area contributed by atoms with Gasteiger partial charge >= 0.3 is 7.12 Å². The standard InChI is InChI=1S/C16H14BNO4/c1-20-17(21-2)16-8-7-15(9-13(16)11-19)22-14-5-3-12(10-18)4-6-14/h3-9,11H,1-2H3. The number of nitriles is 1. The van der Waals surface area contributed by atoms with Crippen LogP contribution in [0.2, 0.25) is 0 Å². The van der Waals surface area contributed by atoms with Crippen molar-refractivity contribution in [3.8, 4) is 17.6 Å². The fraction of sp³-hybridized carbons (Fsp3) is 0.125. The largest absolute Gasteiger partial charge is 0.494 e. The van der Waals surface area contributed by atoms with Gasteiger partial charge in [0, 0.05) is 19.8 Å². The summed E-state index contributed by atoms with van der Waals surface area (Å²) in [7, 11) is 2.40. The molecule has 0 aromatic heterocycles. The number of rotatable bonds is 6. The van der Waals surface area contributed by atoms with E-state index in [-0.39, 0.29) is 0 Å². The average Bonchev–Trinajstić information content (AvgIpc) is 2.57. The lowest BCUT2D eigenvalue weighted by molar-refractivity contribution is 0.112. The molecule has 5 nitrogen and oxygen atoms in total. The van der Waals surface area contributed by atoms with Crippen LogP contribution >= 0.6 is 0 Å². The van der Waals surface area contributed by atoms with Gasteiger partial charge in [-0.3, -0.25) is 4.79 Å². The SMILES string of the molecule is COB(OC)c1ccc(Oc2ccc(C#N)cc2)cc1C=O. The first kappa shape index (κ1) is 15.8. The van der Waals surface area contributed by atoms with Crippen LogP contribution in [0, 0.1) is 11.3 Å². The molecule has 0 unspecified atom stereocenters. The summed E-state index contributed by atoms with van der Waals surface area (Å²) in [5, 5.41) is 8.76. The van der Waals surface area contributed by atoms with E-state index in [1.807, 2.05) is 6.07 Å². The van der Waals surface area contributed by atoms with Crippen LogP contribution in [0.25, 0.3) is 0 Å². The van der Waals surface area contributed by atoms with Gasteiger partial charge in [0.15, 0.2) is 0 Å². The second-order valence-electron chi connectivity index (χ2n) is 4.45. The topological polar surface area (TPSA) is 68.6 Å². The van der Waals surface area contributed by atoms with E-state index in [4.69, 9.17) is 19.3 Å². The molecular weight excluding hydrogens is 281 g/mol. The summed E-state index contributed by atoms with van der Waals surface area (Å²) in [4.78, 5) is 11.2. The Hall–Kier alpha value is -2.62. The maximum absolute atomic E-state index is 11.2. The summed E-state index contributed by atoms with van der Waals surface area (Å²) in [6, 6.07) is 13.8. The molecule has 2 rings (SSSR count). The molecule has 0 radical (unpaired) electrons. The first-order valence-corrected chi connectivity index (χ1v) is 6.54. The Bertz CT molecular complexity index is 690. The molecule has 0 aliphatic heterocycles. The zero-order valence-electron chi connectivity index (χ0n) is 12.3. The van der Waals surface area contributed by atoms with Crippen molar-refractivity contribution in [2.24, 2.45) is 0 Å². The molecule has 22 heavy (non-hydrogen) atoms. The average molecular weight is 295 g/mol. The van der Waals surface area contributed by atoms with Crippen LogP contribution in [0.5, 0.6) is 11.5 Å². The molecule has 2 aromatic carbocycles. The van der Waals surface area contributed by atoms with Gasteiger partial charge in [-0.05, 0) is 41.9 Å². The summed E-state index contributed by atoms with van der Waals surface area (Å²) < 4.78 is 16.0. The molecule has 0 atom stereocenters. The van der Waals surface area contributed by atoms with E-state index in [0.717, 1.165) is 6.29 Å². The van der Waals surface area contributed by atoms with Crippen molar-refractivity contribution in [3.63, 3.8) is 0 Å². The van der Waals surface area contributed by atoms with Crippen molar-refractivity contribution in [1.29, 1.82) is 5.26 Å². The molecule has 0 heterocycles. The summed E-state index contributed by atoms with van der Waals surface area (Å²) in [6.45, 7) is 0. The third kappa shape index (κ3) is 3.53. The Kier molecular flexibility index (Phi) is 5.31. The minimum absolute atomic E-state index is 0.430. The molecule has 0 spiro atoms. The van der Waals surface area contributed by atoms with Gasteiger partial charge in [0.25, 0.3) is 0 Å². The van der Waals surface area contributed by atoms with Crippen LogP contribution < -0.4 is 10.2 Å². The van der Waals surface area contributed by atoms with Gasteiger partial charge in [0.1, 0.15) is 17.8 Å². The minimum Gasteiger partial charge on any atom is -0.457 e. The number of hydrogen-bond donors (Lipinski definition) is 0. The van der Waals surface area contributed by atoms with Crippen molar-refractivity contribution in [2.75, 3.05) is 14.2 Å². The maximum atomic E-state index is 11.2. The van der Waals surface area contributed by atoms with Gasteiger partial charge < -0.3 is 14.0 Å². The molecule has 0 aliphatic carbocycles. The van der Waals surface area contributed by atoms with E-state index in [9.17, 15) is 4.79 Å². The fourth-order valence-electron chi connectivity index (χ4n) is 2.02. The number of carbonyl (C=O) groups excluding carboxylic acids is 1. The number of carbonyl (C=O) groups is 1. The Labute approximate surface area is 129 Å². The third-order valence-corrected chi connectivity index (χ3v) is 3.09. The van der Waals surface area contributed by atoms with E-state index >= 15 is 0 Å². The zero-order valence-corrected chi connectivity index (χ0v) is 12.3. The smallest absolute Gasteiger partial charge is 0.457 e. The molecule has 0 fully saturated rings. The molecular formula is C16H14BNO4. The lowest BCUT2D eigenvalue weighted by Crippen LogP contribution is -2.37. The van der Waals surface area contributed by atoms with E-state index in [0.29, 0.717) is 28.1 Å². The first-order chi connectivity index (χ1) is 10.7. The zero-order chi connectivity index (χ0) is 15.9. The van der Waals surface area contributed by atoms with Crippen LogP contribution in [0.15, 0.2) is 42.5 Å². The molecule has 2 aromatic rings. The number of hydrogen-bond acceptors (Lipinski definition) is 5. The minimum atomic E-state index is -0.607. The highest BCUT2D eigenvalue weighted by molar-refractivity contribution is 6.62. The highest BCUT2D eigenvalue weighted by Gasteiger charge is 2.22. The Morgan fingerprint density at radius 2 is 1.68 bits per heavy atom. The van der Waals surface area contributed by atoms with Gasteiger partial charge in [-0.2, -0.15) is 5.26 Å². The quantitative estimate of drug-likeness (QED) is 0.603. The second-order valence-corrected chi connectivity index (χ2v) is 4.45. The summed E-state index contributed by atoms with van der Waals surface area (Å²) >= 11 is 0. The van der Waals surface area contributed by atoms with Crippen LogP contribution in [-0.2, 0) is 9.31 Å². The lowest BCUT2D eigenvalue weighted by Gasteiger charge is -2.12. The van der Waals surface area contributed by atoms with Gasteiger partial charge in [-0.25, -0.2) is 0 Å². The summed E-state index contributed by atoms with van der Waals surface area (Å²) in [6.07, 6.45) is 0.728. The molecule has 0 amide bonds. The second kappa shape index (κ2) is 7.41. The van der Waals surface area contributed by atoms with Crippen molar-refractivity contribution in [1.82, 2.24) is 0 Å². The highest BCUT2D eigenvalue weighted by atomic mass is 16.6. The number of benzene rings is 2. The van der Waals surface area contributed by atoms with E-state index in [1.165, 1.54) is 14.2 Å². The molecule has 0 saturated carbocycles. The number of aldehydes is 1. The summed E-state index contributed by atoms with van der Waals surface area (Å²) in [5.41, 5.74) is 1.62. The van der Waals surface area contributed by atoms with Gasteiger partial charge in [-0.15, -0.1) is 0 Å². The predicted molar refractivity (Wildman–Crippen MR) is 82.5 cm³/mol. The van der Waals surface area contributed by atoms with Crippen molar-refractivity contribution in [2.45, 2.75) is 0 Å². The molecule has 0 N–H and O–H groups in total. The molecule has 0 bridgehead atoms. The van der Waals surface area contributed by atoms with Crippen LogP contribution in [-0.4, -0.2) is 27.6 Å². The molecule has 110 valence electrons. The first-order valence-electron chi connectivity index (χ1n) is 6.54. The molecule has 0 aliphatic rings. The normalized spacial score (nSPS) is 9.86. The maximum Gasteiger partial charge on any atom is 0.494 e. The van der Waals surface area contributed by atoms with Crippen molar-refractivity contribution < 1.29 is 18.8 Å². The molecule has 6 heteroatoms. The number of ether oxygens (including phenoxy) is 1. The van der Waals surface area contributed by atoms with Gasteiger partial charge in [0.05, 0.1) is 11.6 Å². The van der Waals surface area contributed by atoms with Crippen LogP contribution in [0.4, 0.5) is 0 Å². The number of nitrogens with zero attached hydrogens (tertiary/aromatic N) is 1. The van der Waals surface area contributed by atoms with E-state index in [1.54, 1.807) is 42.5 Å². The van der Waals surface area contributed by atoms with Crippen molar-refractivity contribution in [3.05, 3.63) is 53.6 Å². The Balaban J connectivity index is 2.25. The predicted octanol–water partition coefficient (Wildman–Crippen LogP) is 2.15. The fourth-order valence-corrected chi connectivity index (χ4v) is 2.02. The highest BCUT2D eigenvalue weighted by Crippen LogP contribution is 2.22. The van der Waals surface area contributed by atoms with Gasteiger partial charge in [0.2, 0.25) is 0 Å². The Morgan fingerprint density at radius 3 is 2.23 bits per heavy atom. The lowest BCUT2D eigenvalue weighted by atomic mass is 9.76. The van der Waals surface area contributed by atoms with Crippen LogP contribution in [0.1, 0.15) is 15.9 Å². The molecule has 0 saturated heterocycles. The van der Waals surface area contributed by atoms with Crippen molar-refractivity contribution >= 4 is 18.9 Å². The van der Waals surface area contributed by atoms with E-state index < -0.39 is 7.12 Å². The van der Waals surface area contributed by atoms with Crippen LogP contribution in [0.3, 0.4) is 0 Å². The van der Waals surface area contributed by atoms with E-state index in [2.05, 4.69) is 0 Å².